The molecule has 3 rings (SSSR count). The fourth-order valence-electron chi connectivity index (χ4n) is 4.76. The molecule has 1 aliphatic heterocycles. The van der Waals surface area contributed by atoms with Gasteiger partial charge in [-0.15, -0.1) is 0 Å². The van der Waals surface area contributed by atoms with Crippen molar-refractivity contribution in [1.29, 1.82) is 0 Å². The predicted octanol–water partition coefficient (Wildman–Crippen LogP) is 7.58. The van der Waals surface area contributed by atoms with Crippen molar-refractivity contribution in [2.75, 3.05) is 42.4 Å². The topological polar surface area (TPSA) is 86.7 Å². The fraction of sp³-hybridized carbons (Fsp3) is 0.613. The van der Waals surface area contributed by atoms with Crippen LogP contribution >= 0.6 is 0 Å². The van der Waals surface area contributed by atoms with Crippen LogP contribution in [0.2, 0.25) is 0 Å². The molecular formula is C31H52N2O4S2. The second kappa shape index (κ2) is 18.4. The van der Waals surface area contributed by atoms with Crippen molar-refractivity contribution in [3.63, 3.8) is 0 Å². The van der Waals surface area contributed by atoms with Gasteiger partial charge in [0.2, 0.25) is 0 Å². The SMILES string of the molecule is CC.CCCCC1(CCCC)CCc2cc(N(C)C)ccc2S(=O)C1.O=S(=O)(O)CCCNc1ccccc1. The van der Waals surface area contributed by atoms with E-state index in [0.29, 0.717) is 13.0 Å². The number of rotatable bonds is 12. The number of unbranched alkanes of at least 4 members (excludes halogenated alkanes) is 2. The Morgan fingerprint density at radius 3 is 2.13 bits per heavy atom. The summed E-state index contributed by atoms with van der Waals surface area (Å²) >= 11 is 0. The Hall–Kier alpha value is -1.90. The molecule has 2 aromatic carbocycles. The fourth-order valence-corrected chi connectivity index (χ4v) is 7.08. The van der Waals surface area contributed by atoms with Gasteiger partial charge in [-0.3, -0.25) is 8.76 Å². The predicted molar refractivity (Wildman–Crippen MR) is 169 cm³/mol. The average molecular weight is 581 g/mol. The minimum Gasteiger partial charge on any atom is -0.385 e. The van der Waals surface area contributed by atoms with Crippen LogP contribution in [0.1, 0.15) is 84.6 Å². The van der Waals surface area contributed by atoms with Gasteiger partial charge in [0, 0.05) is 42.7 Å². The van der Waals surface area contributed by atoms with E-state index in [4.69, 9.17) is 4.55 Å². The minimum absolute atomic E-state index is 0.202. The van der Waals surface area contributed by atoms with Gasteiger partial charge in [-0.1, -0.05) is 71.6 Å². The van der Waals surface area contributed by atoms with Gasteiger partial charge < -0.3 is 10.2 Å². The van der Waals surface area contributed by atoms with Crippen LogP contribution < -0.4 is 10.2 Å². The van der Waals surface area contributed by atoms with E-state index in [1.807, 2.05) is 44.2 Å². The van der Waals surface area contributed by atoms with Gasteiger partial charge in [0.25, 0.3) is 10.1 Å². The molecule has 0 bridgehead atoms. The van der Waals surface area contributed by atoms with Gasteiger partial charge in [-0.25, -0.2) is 0 Å². The third-order valence-corrected chi connectivity index (χ3v) is 9.54. The molecule has 0 saturated heterocycles. The molecule has 0 saturated carbocycles. The molecule has 2 N–H and O–H groups in total. The number of aryl methyl sites for hydroxylation is 1. The van der Waals surface area contributed by atoms with Crippen molar-refractivity contribution in [2.24, 2.45) is 5.41 Å². The molecular weight excluding hydrogens is 528 g/mol. The summed E-state index contributed by atoms with van der Waals surface area (Å²) in [5.41, 5.74) is 3.76. The number of hydrogen-bond acceptors (Lipinski definition) is 5. The normalized spacial score (nSPS) is 15.9. The highest BCUT2D eigenvalue weighted by molar-refractivity contribution is 7.85. The largest absolute Gasteiger partial charge is 0.385 e. The highest BCUT2D eigenvalue weighted by Crippen LogP contribution is 2.41. The Morgan fingerprint density at radius 1 is 0.974 bits per heavy atom. The monoisotopic (exact) mass is 580 g/mol. The van der Waals surface area contributed by atoms with Crippen LogP contribution in [0.4, 0.5) is 11.4 Å². The van der Waals surface area contributed by atoms with E-state index in [9.17, 15) is 12.6 Å². The minimum atomic E-state index is -3.82. The van der Waals surface area contributed by atoms with Crippen molar-refractivity contribution in [1.82, 2.24) is 0 Å². The summed E-state index contributed by atoms with van der Waals surface area (Å²) in [4.78, 5) is 3.22. The molecule has 1 atom stereocenters. The van der Waals surface area contributed by atoms with E-state index < -0.39 is 20.9 Å². The number of nitrogens with zero attached hydrogens (tertiary/aromatic N) is 1. The second-order valence-corrected chi connectivity index (χ2v) is 13.3. The molecule has 1 unspecified atom stereocenters. The summed E-state index contributed by atoms with van der Waals surface area (Å²) in [6.07, 6.45) is 10.1. The van der Waals surface area contributed by atoms with E-state index in [0.717, 1.165) is 22.8 Å². The van der Waals surface area contributed by atoms with Crippen LogP contribution in [0.5, 0.6) is 0 Å². The van der Waals surface area contributed by atoms with E-state index in [1.165, 1.54) is 56.2 Å². The molecule has 0 spiro atoms. The number of benzene rings is 2. The summed E-state index contributed by atoms with van der Waals surface area (Å²) in [5, 5.41) is 3.04. The highest BCUT2D eigenvalue weighted by atomic mass is 32.2. The van der Waals surface area contributed by atoms with Gasteiger partial charge in [0.1, 0.15) is 0 Å². The lowest BCUT2D eigenvalue weighted by molar-refractivity contribution is 0.242. The molecule has 0 fully saturated rings. The number of para-hydroxylation sites is 1. The zero-order valence-electron chi connectivity index (χ0n) is 25.0. The summed E-state index contributed by atoms with van der Waals surface area (Å²) in [7, 11) is -0.524. The molecule has 222 valence electrons. The first-order chi connectivity index (χ1) is 18.6. The quantitative estimate of drug-likeness (QED) is 0.199. The van der Waals surface area contributed by atoms with Crippen molar-refractivity contribution >= 4 is 32.3 Å². The molecule has 8 heteroatoms. The summed E-state index contributed by atoms with van der Waals surface area (Å²) in [6.45, 7) is 9.06. The standard InChI is InChI=1S/C20H33NOS.C9H13NO3S.C2H6/c1-5-7-12-20(13-8-6-2)14-11-17-15-18(21(3)4)9-10-19(17)23(22)16-20;11-14(12,13)8-4-7-10-9-5-2-1-3-6-9;1-2/h9-10,15H,5-8,11-14,16H2,1-4H3;1-3,5-6,10H,4,7-8H2,(H,11,12,13);1-2H3. The second-order valence-electron chi connectivity index (χ2n) is 10.3. The number of fused-ring (bicyclic) bond motifs is 1. The van der Waals surface area contributed by atoms with Gasteiger partial charge in [-0.2, -0.15) is 8.42 Å². The van der Waals surface area contributed by atoms with E-state index >= 15 is 0 Å². The lowest BCUT2D eigenvalue weighted by Gasteiger charge is -2.32. The maximum Gasteiger partial charge on any atom is 0.264 e. The van der Waals surface area contributed by atoms with E-state index in [2.05, 4.69) is 56.4 Å². The van der Waals surface area contributed by atoms with Crippen LogP contribution in [-0.4, -0.2) is 49.3 Å². The van der Waals surface area contributed by atoms with Crippen molar-refractivity contribution in [3.05, 3.63) is 54.1 Å². The van der Waals surface area contributed by atoms with Crippen molar-refractivity contribution < 1.29 is 17.2 Å². The maximum absolute atomic E-state index is 13.0. The van der Waals surface area contributed by atoms with Gasteiger partial charge >= 0.3 is 0 Å². The maximum atomic E-state index is 13.0. The number of nitrogens with one attached hydrogen (secondary N) is 1. The molecule has 0 radical (unpaired) electrons. The van der Waals surface area contributed by atoms with Gasteiger partial charge in [-0.05, 0) is 73.4 Å². The van der Waals surface area contributed by atoms with E-state index in [-0.39, 0.29) is 11.2 Å². The zero-order chi connectivity index (χ0) is 29.3. The molecule has 6 nitrogen and oxygen atoms in total. The van der Waals surface area contributed by atoms with Crippen LogP contribution in [-0.2, 0) is 27.3 Å². The Balaban J connectivity index is 0.000000407. The van der Waals surface area contributed by atoms with Crippen LogP contribution in [0.3, 0.4) is 0 Å². The summed E-state index contributed by atoms with van der Waals surface area (Å²) in [6, 6.07) is 16.0. The first-order valence-electron chi connectivity index (χ1n) is 14.5. The molecule has 2 aromatic rings. The summed E-state index contributed by atoms with van der Waals surface area (Å²) < 4.78 is 42.2. The molecule has 0 aliphatic carbocycles. The third kappa shape index (κ3) is 13.3. The third-order valence-electron chi connectivity index (χ3n) is 6.97. The molecule has 39 heavy (non-hydrogen) atoms. The highest BCUT2D eigenvalue weighted by Gasteiger charge is 2.34. The summed E-state index contributed by atoms with van der Waals surface area (Å²) in [5.74, 6) is 0.661. The smallest absolute Gasteiger partial charge is 0.264 e. The molecule has 1 heterocycles. The Bertz CT molecular complexity index is 1070. The lowest BCUT2D eigenvalue weighted by atomic mass is 9.75. The first kappa shape index (κ1) is 35.1. The Labute approximate surface area is 241 Å². The Morgan fingerprint density at radius 2 is 1.59 bits per heavy atom. The average Bonchev–Trinajstić information content (AvgIpc) is 3.06. The number of hydrogen-bond donors (Lipinski definition) is 2. The van der Waals surface area contributed by atoms with E-state index in [1.54, 1.807) is 0 Å². The van der Waals surface area contributed by atoms with Crippen molar-refractivity contribution in [3.8, 4) is 0 Å². The van der Waals surface area contributed by atoms with Gasteiger partial charge in [0.05, 0.1) is 16.6 Å². The van der Waals surface area contributed by atoms with Crippen LogP contribution in [0.15, 0.2) is 53.4 Å². The first-order valence-corrected chi connectivity index (χ1v) is 17.4. The van der Waals surface area contributed by atoms with Crippen LogP contribution in [0.25, 0.3) is 0 Å². The zero-order valence-corrected chi connectivity index (χ0v) is 26.7. The molecule has 0 amide bonds. The molecule has 1 aliphatic rings. The lowest BCUT2D eigenvalue weighted by Crippen LogP contribution is -2.27. The number of anilines is 2. The Kier molecular flexibility index (Phi) is 16.6. The molecule has 0 aromatic heterocycles. The van der Waals surface area contributed by atoms with Crippen molar-refractivity contribution in [2.45, 2.75) is 90.4 Å². The van der Waals surface area contributed by atoms with Gasteiger partial charge in [0.15, 0.2) is 0 Å². The van der Waals surface area contributed by atoms with Crippen LogP contribution in [0, 0.1) is 5.41 Å².